The second-order valence-corrected chi connectivity index (χ2v) is 13.4. The van der Waals surface area contributed by atoms with Crippen molar-refractivity contribution in [2.45, 2.75) is 109 Å². The fourth-order valence-electron chi connectivity index (χ4n) is 8.08. The van der Waals surface area contributed by atoms with Crippen LogP contribution in [0.4, 0.5) is 0 Å². The molecule has 44 heavy (non-hydrogen) atoms. The van der Waals surface area contributed by atoms with E-state index in [9.17, 15) is 29.7 Å². The molecule has 1 aromatic rings. The van der Waals surface area contributed by atoms with Crippen LogP contribution in [-0.4, -0.2) is 87.3 Å². The molecule has 1 aliphatic heterocycles. The number of fused-ring (bicyclic) bond motifs is 5. The SMILES string of the molecule is CCCC(=O)OC1CC2OCC2(O)C2C(OC(=O)c3ccccc3)C3(O)CC(O)C(C)=C(C(OC(C)=O)C(=O)C12C)C3(C)C. The molecule has 5 rings (SSSR count). The number of rotatable bonds is 6. The van der Waals surface area contributed by atoms with Crippen LogP contribution in [0.15, 0.2) is 41.5 Å². The van der Waals surface area contributed by atoms with Gasteiger partial charge in [-0.3, -0.25) is 14.4 Å². The third kappa shape index (κ3) is 4.62. The van der Waals surface area contributed by atoms with Crippen LogP contribution in [0.5, 0.6) is 0 Å². The van der Waals surface area contributed by atoms with E-state index in [1.165, 1.54) is 19.1 Å². The van der Waals surface area contributed by atoms with Crippen molar-refractivity contribution in [2.75, 3.05) is 6.61 Å². The van der Waals surface area contributed by atoms with Crippen LogP contribution >= 0.6 is 0 Å². The van der Waals surface area contributed by atoms with Crippen LogP contribution in [0.25, 0.3) is 0 Å². The zero-order valence-electron chi connectivity index (χ0n) is 26.0. The highest BCUT2D eigenvalue weighted by atomic mass is 16.6. The maximum Gasteiger partial charge on any atom is 0.338 e. The van der Waals surface area contributed by atoms with E-state index in [1.54, 1.807) is 45.9 Å². The minimum absolute atomic E-state index is 0.0562. The highest BCUT2D eigenvalue weighted by Crippen LogP contribution is 2.63. The normalized spacial score (nSPS) is 39.1. The zero-order chi connectivity index (χ0) is 32.4. The number of ether oxygens (including phenoxy) is 4. The van der Waals surface area contributed by atoms with Crippen LogP contribution in [0.2, 0.25) is 0 Å². The summed E-state index contributed by atoms with van der Waals surface area (Å²) >= 11 is 0. The van der Waals surface area contributed by atoms with Crippen molar-refractivity contribution in [1.29, 1.82) is 0 Å². The molecule has 0 amide bonds. The van der Waals surface area contributed by atoms with E-state index in [2.05, 4.69) is 0 Å². The van der Waals surface area contributed by atoms with Crippen molar-refractivity contribution in [3.05, 3.63) is 47.0 Å². The number of carbonyl (C=O) groups excluding carboxylic acids is 4. The molecule has 240 valence electrons. The lowest BCUT2D eigenvalue weighted by Crippen LogP contribution is -2.81. The predicted molar refractivity (Wildman–Crippen MR) is 154 cm³/mol. The summed E-state index contributed by atoms with van der Waals surface area (Å²) in [6.07, 6.45) is -6.47. The largest absolute Gasteiger partial charge is 0.461 e. The molecule has 3 aliphatic carbocycles. The number of aliphatic hydroxyl groups excluding tert-OH is 1. The minimum Gasteiger partial charge on any atom is -0.461 e. The van der Waals surface area contributed by atoms with E-state index in [4.69, 9.17) is 18.9 Å². The lowest BCUT2D eigenvalue weighted by Gasteiger charge is -2.67. The lowest BCUT2D eigenvalue weighted by atomic mass is 9.44. The minimum atomic E-state index is -2.11. The van der Waals surface area contributed by atoms with Crippen molar-refractivity contribution in [2.24, 2.45) is 16.7 Å². The van der Waals surface area contributed by atoms with Gasteiger partial charge in [0.1, 0.15) is 23.4 Å². The summed E-state index contributed by atoms with van der Waals surface area (Å²) in [7, 11) is 0. The third-order valence-corrected chi connectivity index (χ3v) is 10.6. The average molecular weight is 615 g/mol. The first-order valence-electron chi connectivity index (χ1n) is 15.2. The Bertz CT molecular complexity index is 1380. The molecule has 9 unspecified atom stereocenters. The van der Waals surface area contributed by atoms with E-state index in [0.717, 1.165) is 6.92 Å². The highest BCUT2D eigenvalue weighted by Gasteiger charge is 2.77. The van der Waals surface area contributed by atoms with Crippen molar-refractivity contribution in [3.8, 4) is 0 Å². The summed E-state index contributed by atoms with van der Waals surface area (Å²) in [6.45, 7) is 9.06. The maximum absolute atomic E-state index is 15.0. The van der Waals surface area contributed by atoms with E-state index in [1.807, 2.05) is 0 Å². The highest BCUT2D eigenvalue weighted by molar-refractivity contribution is 5.95. The molecule has 11 nitrogen and oxygen atoms in total. The Labute approximate surface area is 256 Å². The monoisotopic (exact) mass is 614 g/mol. The van der Waals surface area contributed by atoms with Crippen LogP contribution < -0.4 is 0 Å². The summed E-state index contributed by atoms with van der Waals surface area (Å²) in [5, 5.41) is 36.5. The molecule has 4 aliphatic rings. The van der Waals surface area contributed by atoms with Gasteiger partial charge in [0, 0.05) is 37.5 Å². The molecule has 2 saturated carbocycles. The van der Waals surface area contributed by atoms with Gasteiger partial charge in [-0.1, -0.05) is 39.0 Å². The van der Waals surface area contributed by atoms with Crippen LogP contribution in [0, 0.1) is 16.7 Å². The Morgan fingerprint density at radius 3 is 2.27 bits per heavy atom. The topological polar surface area (TPSA) is 166 Å². The quantitative estimate of drug-likeness (QED) is 0.245. The lowest BCUT2D eigenvalue weighted by molar-refractivity contribution is -0.344. The molecular weight excluding hydrogens is 572 g/mol. The van der Waals surface area contributed by atoms with Gasteiger partial charge in [-0.2, -0.15) is 0 Å². The number of ketones is 1. The number of Topliss-reactive ketones (excluding diaryl/α,β-unsaturated/α-hetero) is 1. The fraction of sp³-hybridized carbons (Fsp3) is 0.636. The second kappa shape index (κ2) is 11.0. The maximum atomic E-state index is 15.0. The summed E-state index contributed by atoms with van der Waals surface area (Å²) in [4.78, 5) is 54.2. The van der Waals surface area contributed by atoms with Crippen molar-refractivity contribution >= 4 is 23.7 Å². The molecule has 3 fully saturated rings. The van der Waals surface area contributed by atoms with Gasteiger partial charge in [0.05, 0.1) is 29.8 Å². The Morgan fingerprint density at radius 2 is 1.70 bits per heavy atom. The summed E-state index contributed by atoms with van der Waals surface area (Å²) in [5.74, 6) is -4.29. The molecule has 1 saturated heterocycles. The van der Waals surface area contributed by atoms with Gasteiger partial charge in [-0.15, -0.1) is 0 Å². The van der Waals surface area contributed by atoms with Gasteiger partial charge >= 0.3 is 17.9 Å². The van der Waals surface area contributed by atoms with Crippen LogP contribution in [0.3, 0.4) is 0 Å². The van der Waals surface area contributed by atoms with Crippen molar-refractivity contribution in [1.82, 2.24) is 0 Å². The molecular formula is C33H42O11. The van der Waals surface area contributed by atoms with Crippen molar-refractivity contribution in [3.63, 3.8) is 0 Å². The first-order chi connectivity index (χ1) is 20.5. The van der Waals surface area contributed by atoms with E-state index < -0.39 is 82.2 Å². The van der Waals surface area contributed by atoms with E-state index >= 15 is 4.79 Å². The Hall–Kier alpha value is -3.12. The molecule has 9 atom stereocenters. The van der Waals surface area contributed by atoms with Gasteiger partial charge < -0.3 is 34.3 Å². The smallest absolute Gasteiger partial charge is 0.338 e. The molecule has 0 spiro atoms. The molecule has 0 aromatic heterocycles. The standard InChI is InChI=1S/C33H42O11/c1-7-11-23(36)43-21-14-22-32(39,16-41-22)26-28(44-29(38)19-12-9-8-10-13-19)33(40)15-20(35)17(2)24(30(33,4)5)25(42-18(3)34)27(37)31(21,26)6/h8-10,12-13,20-22,25-26,28,35,39-40H,7,11,14-16H2,1-6H3. The number of hydrogen-bond acceptors (Lipinski definition) is 11. The molecule has 3 N–H and O–H groups in total. The first-order valence-corrected chi connectivity index (χ1v) is 15.2. The summed E-state index contributed by atoms with van der Waals surface area (Å²) in [5.41, 5.74) is -6.55. The molecule has 2 bridgehead atoms. The zero-order valence-corrected chi connectivity index (χ0v) is 26.0. The summed E-state index contributed by atoms with van der Waals surface area (Å²) < 4.78 is 23.6. The number of benzene rings is 1. The Morgan fingerprint density at radius 1 is 1.05 bits per heavy atom. The van der Waals surface area contributed by atoms with Crippen LogP contribution in [-0.2, 0) is 33.3 Å². The van der Waals surface area contributed by atoms with Gasteiger partial charge in [-0.05, 0) is 43.5 Å². The number of esters is 3. The third-order valence-electron chi connectivity index (χ3n) is 10.6. The number of hydrogen-bond donors (Lipinski definition) is 3. The van der Waals surface area contributed by atoms with Gasteiger partial charge in [0.25, 0.3) is 0 Å². The molecule has 0 radical (unpaired) electrons. The van der Waals surface area contributed by atoms with Gasteiger partial charge in [-0.25, -0.2) is 4.79 Å². The summed E-state index contributed by atoms with van der Waals surface area (Å²) in [6, 6.07) is 8.08. The van der Waals surface area contributed by atoms with Crippen LogP contribution in [0.1, 0.15) is 77.6 Å². The first kappa shape index (κ1) is 32.3. The van der Waals surface area contributed by atoms with E-state index in [-0.39, 0.29) is 37.0 Å². The van der Waals surface area contributed by atoms with Crippen molar-refractivity contribution < 1.29 is 53.4 Å². The number of carbonyl (C=O) groups is 4. The Kier molecular flexibility index (Phi) is 8.10. The number of aliphatic hydroxyl groups is 3. The Balaban J connectivity index is 1.81. The predicted octanol–water partition coefficient (Wildman–Crippen LogP) is 2.43. The molecule has 1 heterocycles. The fourth-order valence-corrected chi connectivity index (χ4v) is 8.08. The molecule has 11 heteroatoms. The average Bonchev–Trinajstić information content (AvgIpc) is 2.95. The molecule has 1 aromatic carbocycles. The van der Waals surface area contributed by atoms with E-state index in [0.29, 0.717) is 12.0 Å². The van der Waals surface area contributed by atoms with Gasteiger partial charge in [0.2, 0.25) is 0 Å². The van der Waals surface area contributed by atoms with Gasteiger partial charge in [0.15, 0.2) is 11.9 Å². The second-order valence-electron chi connectivity index (χ2n) is 13.4.